The van der Waals surface area contributed by atoms with Crippen molar-refractivity contribution in [2.45, 2.75) is 44.8 Å². The number of rotatable bonds is 4. The molecule has 1 aromatic rings. The van der Waals surface area contributed by atoms with Crippen LogP contribution in [0.25, 0.3) is 0 Å². The number of nitrogens with two attached hydrogens (primary N) is 1. The van der Waals surface area contributed by atoms with E-state index in [4.69, 9.17) is 5.73 Å². The van der Waals surface area contributed by atoms with E-state index in [-0.39, 0.29) is 6.54 Å². The molecule has 1 heterocycles. The monoisotopic (exact) mass is 275 g/mol. The van der Waals surface area contributed by atoms with Gasteiger partial charge in [-0.3, -0.25) is 4.68 Å². The molecule has 0 aliphatic heterocycles. The third-order valence-electron chi connectivity index (χ3n) is 6.12. The molecule has 4 bridgehead atoms. The van der Waals surface area contributed by atoms with Gasteiger partial charge in [-0.15, -0.1) is 0 Å². The molecule has 0 spiro atoms. The fourth-order valence-electron chi connectivity index (χ4n) is 5.43. The second-order valence-electron chi connectivity index (χ2n) is 7.28. The van der Waals surface area contributed by atoms with Gasteiger partial charge in [0.2, 0.25) is 0 Å². The molecule has 0 amide bonds. The first-order valence-corrected chi connectivity index (χ1v) is 8.14. The summed E-state index contributed by atoms with van der Waals surface area (Å²) in [4.78, 5) is 0. The van der Waals surface area contributed by atoms with Crippen LogP contribution in [-0.2, 0) is 6.54 Å². The van der Waals surface area contributed by atoms with Crippen LogP contribution in [0.2, 0.25) is 0 Å². The van der Waals surface area contributed by atoms with Crippen LogP contribution in [0.5, 0.6) is 0 Å². The van der Waals surface area contributed by atoms with Gasteiger partial charge in [0.25, 0.3) is 0 Å². The molecule has 0 saturated heterocycles. The van der Waals surface area contributed by atoms with Gasteiger partial charge in [-0.25, -0.2) is 0 Å². The summed E-state index contributed by atoms with van der Waals surface area (Å²) in [6.45, 7) is 1.25. The van der Waals surface area contributed by atoms with Crippen LogP contribution in [0.1, 0.15) is 43.9 Å². The summed E-state index contributed by atoms with van der Waals surface area (Å²) >= 11 is 0. The molecule has 5 rings (SSSR count). The topological polar surface area (TPSA) is 64.1 Å². The maximum Gasteiger partial charge on any atom is 0.108 e. The molecule has 1 aromatic heterocycles. The Bertz CT molecular complexity index is 456. The van der Waals surface area contributed by atoms with E-state index in [1.807, 2.05) is 10.7 Å². The fourth-order valence-corrected chi connectivity index (χ4v) is 5.43. The zero-order valence-corrected chi connectivity index (χ0v) is 12.0. The molecule has 1 atom stereocenters. The van der Waals surface area contributed by atoms with Crippen molar-refractivity contribution in [1.82, 2.24) is 9.78 Å². The SMILES string of the molecule is NCC(O)c1ccnn1CC1C2CC3CC(C2)CC1C3. The van der Waals surface area contributed by atoms with Crippen molar-refractivity contribution in [2.75, 3.05) is 6.54 Å². The van der Waals surface area contributed by atoms with Gasteiger partial charge < -0.3 is 10.8 Å². The Hall–Kier alpha value is -0.870. The van der Waals surface area contributed by atoms with Crippen LogP contribution >= 0.6 is 0 Å². The smallest absolute Gasteiger partial charge is 0.108 e. The molecular formula is C16H25N3O. The highest BCUT2D eigenvalue weighted by Gasteiger charge is 2.48. The molecule has 4 aliphatic rings. The van der Waals surface area contributed by atoms with E-state index in [2.05, 4.69) is 5.10 Å². The molecular weight excluding hydrogens is 250 g/mol. The Labute approximate surface area is 120 Å². The third-order valence-corrected chi connectivity index (χ3v) is 6.12. The largest absolute Gasteiger partial charge is 0.385 e. The van der Waals surface area contributed by atoms with Crippen LogP contribution in [0.4, 0.5) is 0 Å². The molecule has 4 nitrogen and oxygen atoms in total. The van der Waals surface area contributed by atoms with Gasteiger partial charge in [0.1, 0.15) is 6.10 Å². The second kappa shape index (κ2) is 4.85. The first kappa shape index (κ1) is 12.8. The Morgan fingerprint density at radius 2 is 1.85 bits per heavy atom. The number of hydrogen-bond acceptors (Lipinski definition) is 3. The number of nitrogens with zero attached hydrogens (tertiary/aromatic N) is 2. The van der Waals surface area contributed by atoms with E-state index in [1.54, 1.807) is 6.20 Å². The van der Waals surface area contributed by atoms with Gasteiger partial charge in [0.05, 0.1) is 5.69 Å². The second-order valence-corrected chi connectivity index (χ2v) is 7.28. The van der Waals surface area contributed by atoms with Crippen LogP contribution in [0.15, 0.2) is 12.3 Å². The van der Waals surface area contributed by atoms with Crippen LogP contribution in [0, 0.1) is 29.6 Å². The van der Waals surface area contributed by atoms with E-state index in [9.17, 15) is 5.11 Å². The lowest BCUT2D eigenvalue weighted by atomic mass is 9.52. The Kier molecular flexibility index (Phi) is 3.11. The molecule has 1 unspecified atom stereocenters. The van der Waals surface area contributed by atoms with E-state index in [0.29, 0.717) is 0 Å². The fraction of sp³-hybridized carbons (Fsp3) is 0.812. The van der Waals surface area contributed by atoms with Gasteiger partial charge in [-0.05, 0) is 67.8 Å². The van der Waals surface area contributed by atoms with Gasteiger partial charge in [0.15, 0.2) is 0 Å². The minimum absolute atomic E-state index is 0.271. The predicted molar refractivity (Wildman–Crippen MR) is 76.8 cm³/mol. The molecule has 20 heavy (non-hydrogen) atoms. The number of aromatic nitrogens is 2. The maximum atomic E-state index is 9.99. The molecule has 4 saturated carbocycles. The summed E-state index contributed by atoms with van der Waals surface area (Å²) in [6.07, 6.45) is 8.47. The number of aliphatic hydroxyl groups excluding tert-OH is 1. The first-order chi connectivity index (χ1) is 9.74. The molecule has 0 aromatic carbocycles. The summed E-state index contributed by atoms with van der Waals surface area (Å²) in [7, 11) is 0. The Morgan fingerprint density at radius 1 is 1.20 bits per heavy atom. The lowest BCUT2D eigenvalue weighted by Gasteiger charge is -2.54. The van der Waals surface area contributed by atoms with E-state index >= 15 is 0 Å². The molecule has 3 N–H and O–H groups in total. The van der Waals surface area contributed by atoms with E-state index in [1.165, 1.54) is 32.1 Å². The van der Waals surface area contributed by atoms with E-state index in [0.717, 1.165) is 41.8 Å². The molecule has 4 heteroatoms. The van der Waals surface area contributed by atoms with Gasteiger partial charge in [0, 0.05) is 19.3 Å². The number of hydrogen-bond donors (Lipinski definition) is 2. The van der Waals surface area contributed by atoms with Crippen molar-refractivity contribution in [3.8, 4) is 0 Å². The third kappa shape index (κ3) is 2.01. The lowest BCUT2D eigenvalue weighted by molar-refractivity contribution is -0.0451. The van der Waals surface area contributed by atoms with Gasteiger partial charge in [-0.2, -0.15) is 5.10 Å². The molecule has 0 radical (unpaired) electrons. The van der Waals surface area contributed by atoms with Crippen LogP contribution < -0.4 is 5.73 Å². The van der Waals surface area contributed by atoms with Crippen molar-refractivity contribution < 1.29 is 5.11 Å². The zero-order chi connectivity index (χ0) is 13.7. The Balaban J connectivity index is 1.53. The normalized spacial score (nSPS) is 40.2. The molecule has 110 valence electrons. The summed E-state index contributed by atoms with van der Waals surface area (Å²) < 4.78 is 2.02. The summed E-state index contributed by atoms with van der Waals surface area (Å²) in [5.41, 5.74) is 6.48. The standard InChI is InChI=1S/C16H25N3O/c17-8-16(20)15-1-2-18-19(15)9-14-12-4-10-3-11(6-12)7-13(14)5-10/h1-2,10-14,16,20H,3-9,17H2. The maximum absolute atomic E-state index is 9.99. The number of aliphatic hydroxyl groups is 1. The highest BCUT2D eigenvalue weighted by Crippen LogP contribution is 2.56. The summed E-state index contributed by atoms with van der Waals surface area (Å²) in [5, 5.41) is 14.4. The van der Waals surface area contributed by atoms with Crippen molar-refractivity contribution in [1.29, 1.82) is 0 Å². The minimum atomic E-state index is -0.575. The van der Waals surface area contributed by atoms with Gasteiger partial charge in [-0.1, -0.05) is 0 Å². The van der Waals surface area contributed by atoms with Crippen molar-refractivity contribution in [3.63, 3.8) is 0 Å². The highest BCUT2D eigenvalue weighted by atomic mass is 16.3. The van der Waals surface area contributed by atoms with E-state index < -0.39 is 6.10 Å². The van der Waals surface area contributed by atoms with Gasteiger partial charge >= 0.3 is 0 Å². The summed E-state index contributed by atoms with van der Waals surface area (Å²) in [5.74, 6) is 4.60. The Morgan fingerprint density at radius 3 is 2.45 bits per heavy atom. The van der Waals surface area contributed by atoms with Crippen LogP contribution in [-0.4, -0.2) is 21.4 Å². The summed E-state index contributed by atoms with van der Waals surface area (Å²) in [6, 6.07) is 1.91. The molecule has 4 aliphatic carbocycles. The highest BCUT2D eigenvalue weighted by molar-refractivity contribution is 5.06. The average molecular weight is 275 g/mol. The van der Waals surface area contributed by atoms with Crippen molar-refractivity contribution >= 4 is 0 Å². The first-order valence-electron chi connectivity index (χ1n) is 8.14. The lowest BCUT2D eigenvalue weighted by Crippen LogP contribution is -2.46. The van der Waals surface area contributed by atoms with Crippen molar-refractivity contribution in [3.05, 3.63) is 18.0 Å². The quantitative estimate of drug-likeness (QED) is 0.882. The average Bonchev–Trinajstić information content (AvgIpc) is 2.89. The minimum Gasteiger partial charge on any atom is -0.385 e. The van der Waals surface area contributed by atoms with Crippen molar-refractivity contribution in [2.24, 2.45) is 35.3 Å². The zero-order valence-electron chi connectivity index (χ0n) is 12.0. The molecule has 4 fully saturated rings. The predicted octanol–water partition coefficient (Wildman–Crippen LogP) is 1.95. The van der Waals surface area contributed by atoms with Crippen LogP contribution in [0.3, 0.4) is 0 Å².